The lowest BCUT2D eigenvalue weighted by atomic mass is 10.1. The molecule has 0 amide bonds. The van der Waals surface area contributed by atoms with E-state index in [2.05, 4.69) is 30.9 Å². The number of thiazole rings is 1. The number of hydrogen-bond acceptors (Lipinski definition) is 6. The summed E-state index contributed by atoms with van der Waals surface area (Å²) in [6.45, 7) is 0. The summed E-state index contributed by atoms with van der Waals surface area (Å²) in [7, 11) is 1.65. The highest BCUT2D eigenvalue weighted by atomic mass is 79.9. The Morgan fingerprint density at radius 1 is 1.09 bits per heavy atom. The molecule has 5 rings (SSSR count). The van der Waals surface area contributed by atoms with Crippen LogP contribution < -0.4 is 4.74 Å². The fraction of sp³-hybridized carbons (Fsp3) is 0.0400. The lowest BCUT2D eigenvalue weighted by Gasteiger charge is -2.06. The number of methoxy groups -OCH3 is 1. The standard InChI is InChI=1S/C18H11FN4OS.C7H7BrO/c19-15-9-20-5-4-14(15)12-2-1-3-13(8-12)23-10-16(22-11-23)17(24)18-21-6-7-25-18;1-9-7-5-3-2-4-6(7)8/h1-11H;2-5H,1H3. The highest BCUT2D eigenvalue weighted by molar-refractivity contribution is 9.10. The summed E-state index contributed by atoms with van der Waals surface area (Å²) in [5.41, 5.74) is 2.28. The number of carbonyl (C=O) groups is 1. The third-order valence-corrected chi connectivity index (χ3v) is 6.15. The van der Waals surface area contributed by atoms with E-state index in [4.69, 9.17) is 4.74 Å². The Hall–Kier alpha value is -3.69. The van der Waals surface area contributed by atoms with Crippen molar-refractivity contribution in [2.75, 3.05) is 7.11 Å². The molecule has 0 bridgehead atoms. The van der Waals surface area contributed by atoms with Crippen molar-refractivity contribution in [1.29, 1.82) is 0 Å². The van der Waals surface area contributed by atoms with E-state index in [0.717, 1.165) is 21.5 Å². The summed E-state index contributed by atoms with van der Waals surface area (Å²) in [5.74, 6) is 0.271. The summed E-state index contributed by atoms with van der Waals surface area (Å²) in [6.07, 6.45) is 7.52. The number of rotatable bonds is 5. The molecule has 0 saturated carbocycles. The molecule has 9 heteroatoms. The van der Waals surface area contributed by atoms with Gasteiger partial charge < -0.3 is 9.30 Å². The van der Waals surface area contributed by atoms with E-state index in [9.17, 15) is 9.18 Å². The highest BCUT2D eigenvalue weighted by Gasteiger charge is 2.15. The van der Waals surface area contributed by atoms with Crippen LogP contribution in [0.4, 0.5) is 4.39 Å². The van der Waals surface area contributed by atoms with Crippen LogP contribution in [0.25, 0.3) is 16.8 Å². The molecule has 5 aromatic rings. The number of hydrogen-bond donors (Lipinski definition) is 0. The summed E-state index contributed by atoms with van der Waals surface area (Å²) in [4.78, 5) is 24.2. The van der Waals surface area contributed by atoms with E-state index in [1.54, 1.807) is 48.0 Å². The van der Waals surface area contributed by atoms with Crippen molar-refractivity contribution in [3.63, 3.8) is 0 Å². The van der Waals surface area contributed by atoms with Crippen molar-refractivity contribution in [2.45, 2.75) is 0 Å². The molecule has 0 aliphatic carbocycles. The smallest absolute Gasteiger partial charge is 0.241 e. The molecular formula is C25H18BrFN4O2S. The lowest BCUT2D eigenvalue weighted by Crippen LogP contribution is -2.00. The molecule has 0 saturated heterocycles. The van der Waals surface area contributed by atoms with Crippen LogP contribution in [0.2, 0.25) is 0 Å². The topological polar surface area (TPSA) is 69.9 Å². The van der Waals surface area contributed by atoms with Crippen molar-refractivity contribution < 1.29 is 13.9 Å². The quantitative estimate of drug-likeness (QED) is 0.249. The zero-order valence-corrected chi connectivity index (χ0v) is 20.3. The van der Waals surface area contributed by atoms with E-state index in [0.29, 0.717) is 16.3 Å². The van der Waals surface area contributed by atoms with Gasteiger partial charge in [-0.15, -0.1) is 11.3 Å². The Bertz CT molecular complexity index is 1410. The van der Waals surface area contributed by atoms with Crippen LogP contribution in [0.15, 0.2) is 95.6 Å². The third kappa shape index (κ3) is 5.44. The summed E-state index contributed by atoms with van der Waals surface area (Å²) < 4.78 is 21.7. The number of nitrogens with zero attached hydrogens (tertiary/aromatic N) is 4. The number of ketones is 1. The molecule has 0 aliphatic heterocycles. The fourth-order valence-corrected chi connectivity index (χ4v) is 4.11. The van der Waals surface area contributed by atoms with Crippen LogP contribution >= 0.6 is 27.3 Å². The van der Waals surface area contributed by atoms with Crippen LogP contribution in [0.5, 0.6) is 5.75 Å². The van der Waals surface area contributed by atoms with Crippen LogP contribution in [0.3, 0.4) is 0 Å². The Morgan fingerprint density at radius 3 is 2.65 bits per heavy atom. The van der Waals surface area contributed by atoms with Crippen molar-refractivity contribution in [3.05, 3.63) is 112 Å². The predicted molar refractivity (Wildman–Crippen MR) is 133 cm³/mol. The number of benzene rings is 2. The van der Waals surface area contributed by atoms with Gasteiger partial charge in [0, 0.05) is 35.2 Å². The molecule has 2 aromatic carbocycles. The van der Waals surface area contributed by atoms with E-state index in [1.165, 1.54) is 17.5 Å². The predicted octanol–water partition coefficient (Wildman–Crippen LogP) is 6.22. The van der Waals surface area contributed by atoms with Crippen LogP contribution in [0, 0.1) is 5.82 Å². The SMILES string of the molecule is COc1ccccc1Br.O=C(c1cn(-c2cccc(-c3ccncc3F)c2)cn1)c1nccs1. The normalized spacial score (nSPS) is 10.3. The molecule has 6 nitrogen and oxygen atoms in total. The van der Waals surface area contributed by atoms with E-state index >= 15 is 0 Å². The van der Waals surface area contributed by atoms with Crippen LogP contribution in [-0.2, 0) is 0 Å². The van der Waals surface area contributed by atoms with Crippen molar-refractivity contribution >= 4 is 33.0 Å². The van der Waals surface area contributed by atoms with Crippen molar-refractivity contribution in [2.24, 2.45) is 0 Å². The first kappa shape index (κ1) is 23.5. The van der Waals surface area contributed by atoms with Crippen molar-refractivity contribution in [1.82, 2.24) is 19.5 Å². The van der Waals surface area contributed by atoms with E-state index < -0.39 is 0 Å². The van der Waals surface area contributed by atoms with Gasteiger partial charge in [0.1, 0.15) is 23.6 Å². The molecule has 0 atom stereocenters. The van der Waals surface area contributed by atoms with Gasteiger partial charge in [-0.3, -0.25) is 9.78 Å². The van der Waals surface area contributed by atoms with Gasteiger partial charge in [0.25, 0.3) is 0 Å². The second-order valence-electron chi connectivity index (χ2n) is 6.87. The Morgan fingerprint density at radius 2 is 1.94 bits per heavy atom. The number of para-hydroxylation sites is 1. The zero-order chi connectivity index (χ0) is 23.9. The number of ether oxygens (including phenoxy) is 1. The van der Waals surface area contributed by atoms with Gasteiger partial charge in [-0.05, 0) is 51.8 Å². The molecule has 3 heterocycles. The lowest BCUT2D eigenvalue weighted by molar-refractivity contribution is 0.103. The second kappa shape index (κ2) is 11.0. The number of halogens is 2. The van der Waals surface area contributed by atoms with Gasteiger partial charge >= 0.3 is 0 Å². The molecular weight excluding hydrogens is 519 g/mol. The first-order chi connectivity index (χ1) is 16.6. The van der Waals surface area contributed by atoms with Crippen LogP contribution in [-0.4, -0.2) is 32.4 Å². The molecule has 34 heavy (non-hydrogen) atoms. The molecule has 3 aromatic heterocycles. The molecule has 170 valence electrons. The summed E-state index contributed by atoms with van der Waals surface area (Å²) in [6, 6.07) is 16.7. The Labute approximate surface area is 207 Å². The first-order valence-corrected chi connectivity index (χ1v) is 11.7. The summed E-state index contributed by atoms with van der Waals surface area (Å²) in [5, 5.41) is 2.15. The Kier molecular flexibility index (Phi) is 7.56. The number of pyridine rings is 1. The van der Waals surface area contributed by atoms with Gasteiger partial charge in [-0.25, -0.2) is 14.4 Å². The van der Waals surface area contributed by atoms with E-state index in [1.807, 2.05) is 48.5 Å². The van der Waals surface area contributed by atoms with Gasteiger partial charge in [0.2, 0.25) is 5.78 Å². The largest absolute Gasteiger partial charge is 0.496 e. The van der Waals surface area contributed by atoms with Crippen LogP contribution in [0.1, 0.15) is 15.5 Å². The first-order valence-electron chi connectivity index (χ1n) is 10.0. The minimum absolute atomic E-state index is 0.218. The third-order valence-electron chi connectivity index (χ3n) is 4.73. The molecule has 0 unspecified atom stereocenters. The minimum atomic E-state index is -0.384. The average Bonchev–Trinajstić information content (AvgIpc) is 3.58. The van der Waals surface area contributed by atoms with Crippen molar-refractivity contribution in [3.8, 4) is 22.6 Å². The molecule has 0 fully saturated rings. The average molecular weight is 537 g/mol. The maximum absolute atomic E-state index is 13.9. The molecule has 0 aliphatic rings. The molecule has 0 spiro atoms. The van der Waals surface area contributed by atoms with Gasteiger partial charge in [-0.1, -0.05) is 24.3 Å². The fourth-order valence-electron chi connectivity index (χ4n) is 3.08. The highest BCUT2D eigenvalue weighted by Crippen LogP contribution is 2.25. The minimum Gasteiger partial charge on any atom is -0.496 e. The monoisotopic (exact) mass is 536 g/mol. The van der Waals surface area contributed by atoms with E-state index in [-0.39, 0.29) is 11.6 Å². The van der Waals surface area contributed by atoms with Gasteiger partial charge in [0.15, 0.2) is 5.01 Å². The molecule has 0 radical (unpaired) electrons. The Balaban J connectivity index is 0.000000257. The number of carbonyl (C=O) groups excluding carboxylic acids is 1. The van der Waals surface area contributed by atoms with Gasteiger partial charge in [-0.2, -0.15) is 0 Å². The second-order valence-corrected chi connectivity index (χ2v) is 8.62. The maximum Gasteiger partial charge on any atom is 0.241 e. The number of aromatic nitrogens is 4. The summed E-state index contributed by atoms with van der Waals surface area (Å²) >= 11 is 4.61. The zero-order valence-electron chi connectivity index (χ0n) is 17.9. The van der Waals surface area contributed by atoms with Gasteiger partial charge in [0.05, 0.1) is 17.8 Å². The number of imidazole rings is 1. The molecule has 0 N–H and O–H groups in total. The maximum atomic E-state index is 13.9.